The summed E-state index contributed by atoms with van der Waals surface area (Å²) in [4.78, 5) is 24.7. The number of allylic oxidation sites excluding steroid dienone is 1. The molecule has 1 unspecified atom stereocenters. The molecule has 1 saturated heterocycles. The average molecular weight is 260 g/mol. The second kappa shape index (κ2) is 6.04. The van der Waals surface area contributed by atoms with Gasteiger partial charge in [0, 0.05) is 6.20 Å². The van der Waals surface area contributed by atoms with Gasteiger partial charge in [0.05, 0.1) is 6.54 Å². The zero-order chi connectivity index (χ0) is 13.7. The molecule has 1 aliphatic heterocycles. The second-order valence-electron chi connectivity index (χ2n) is 4.19. The van der Waals surface area contributed by atoms with Crippen LogP contribution in [-0.2, 0) is 9.59 Å². The summed E-state index contributed by atoms with van der Waals surface area (Å²) in [6.45, 7) is 2.27. The number of rotatable bonds is 5. The quantitative estimate of drug-likeness (QED) is 0.801. The lowest BCUT2D eigenvalue weighted by Crippen LogP contribution is -2.62. The SMILES string of the molecule is CC=CN1CC(NC(=O)COc2ccccc2)C1=O. The molecule has 19 heavy (non-hydrogen) atoms. The molecule has 1 atom stereocenters. The highest BCUT2D eigenvalue weighted by molar-refractivity contribution is 5.93. The predicted molar refractivity (Wildman–Crippen MR) is 70.4 cm³/mol. The lowest BCUT2D eigenvalue weighted by Gasteiger charge is -2.36. The Balaban J connectivity index is 1.73. The van der Waals surface area contributed by atoms with Crippen LogP contribution in [0.4, 0.5) is 0 Å². The van der Waals surface area contributed by atoms with Crippen LogP contribution in [-0.4, -0.2) is 35.9 Å². The molecule has 0 bridgehead atoms. The minimum Gasteiger partial charge on any atom is -0.484 e. The van der Waals surface area contributed by atoms with Crippen molar-refractivity contribution in [2.24, 2.45) is 0 Å². The van der Waals surface area contributed by atoms with Crippen molar-refractivity contribution in [3.63, 3.8) is 0 Å². The number of likely N-dealkylation sites (tertiary alicyclic amines) is 1. The normalized spacial score (nSPS) is 18.3. The van der Waals surface area contributed by atoms with E-state index < -0.39 is 6.04 Å². The van der Waals surface area contributed by atoms with E-state index >= 15 is 0 Å². The van der Waals surface area contributed by atoms with E-state index in [0.717, 1.165) is 0 Å². The van der Waals surface area contributed by atoms with E-state index in [-0.39, 0.29) is 18.4 Å². The molecule has 1 aromatic rings. The van der Waals surface area contributed by atoms with Gasteiger partial charge in [-0.2, -0.15) is 0 Å². The maximum atomic E-state index is 11.6. The molecule has 2 amide bonds. The monoisotopic (exact) mass is 260 g/mol. The summed E-state index contributed by atoms with van der Waals surface area (Å²) in [5, 5.41) is 2.64. The molecule has 5 heteroatoms. The molecule has 1 N–H and O–H groups in total. The van der Waals surface area contributed by atoms with Crippen molar-refractivity contribution in [1.29, 1.82) is 0 Å². The van der Waals surface area contributed by atoms with E-state index in [0.29, 0.717) is 12.3 Å². The van der Waals surface area contributed by atoms with Crippen LogP contribution < -0.4 is 10.1 Å². The summed E-state index contributed by atoms with van der Waals surface area (Å²) < 4.78 is 5.30. The number of hydrogen-bond donors (Lipinski definition) is 1. The maximum Gasteiger partial charge on any atom is 0.258 e. The van der Waals surface area contributed by atoms with Crippen molar-refractivity contribution in [2.45, 2.75) is 13.0 Å². The molecule has 1 aliphatic rings. The highest BCUT2D eigenvalue weighted by atomic mass is 16.5. The number of hydrogen-bond acceptors (Lipinski definition) is 3. The summed E-state index contributed by atoms with van der Waals surface area (Å²) in [5.74, 6) is 0.252. The molecule has 0 spiro atoms. The number of carbonyl (C=O) groups excluding carboxylic acids is 2. The minimum absolute atomic E-state index is 0.0859. The lowest BCUT2D eigenvalue weighted by molar-refractivity contribution is -0.143. The standard InChI is InChI=1S/C14H16N2O3/c1-2-8-16-9-12(14(16)18)15-13(17)10-19-11-6-4-3-5-7-11/h2-8,12H,9-10H2,1H3,(H,15,17). The molecular weight excluding hydrogens is 244 g/mol. The van der Waals surface area contributed by atoms with Crippen LogP contribution >= 0.6 is 0 Å². The fraction of sp³-hybridized carbons (Fsp3) is 0.286. The Bertz CT molecular complexity index is 485. The third-order valence-corrected chi connectivity index (χ3v) is 2.74. The van der Waals surface area contributed by atoms with Gasteiger partial charge in [0.25, 0.3) is 11.8 Å². The molecule has 1 heterocycles. The number of para-hydroxylation sites is 1. The zero-order valence-corrected chi connectivity index (χ0v) is 10.7. The smallest absolute Gasteiger partial charge is 0.258 e. The predicted octanol–water partition coefficient (Wildman–Crippen LogP) is 0.926. The number of benzene rings is 1. The lowest BCUT2D eigenvalue weighted by atomic mass is 10.1. The van der Waals surface area contributed by atoms with Crippen molar-refractivity contribution >= 4 is 11.8 Å². The third-order valence-electron chi connectivity index (χ3n) is 2.74. The van der Waals surface area contributed by atoms with Crippen molar-refractivity contribution < 1.29 is 14.3 Å². The van der Waals surface area contributed by atoms with Crippen LogP contribution in [0, 0.1) is 0 Å². The van der Waals surface area contributed by atoms with Gasteiger partial charge in [-0.1, -0.05) is 24.3 Å². The molecule has 100 valence electrons. The van der Waals surface area contributed by atoms with Crippen molar-refractivity contribution in [3.05, 3.63) is 42.6 Å². The molecule has 1 fully saturated rings. The molecule has 5 nitrogen and oxygen atoms in total. The molecule has 2 rings (SSSR count). The van der Waals surface area contributed by atoms with E-state index in [1.807, 2.05) is 25.1 Å². The van der Waals surface area contributed by atoms with Crippen LogP contribution in [0.25, 0.3) is 0 Å². The first-order valence-electron chi connectivity index (χ1n) is 6.11. The first kappa shape index (κ1) is 13.1. The Kier molecular flexibility index (Phi) is 4.18. The van der Waals surface area contributed by atoms with Crippen molar-refractivity contribution in [3.8, 4) is 5.75 Å². The molecule has 0 aromatic heterocycles. The highest BCUT2D eigenvalue weighted by Gasteiger charge is 2.36. The number of nitrogens with one attached hydrogen (secondary N) is 1. The van der Waals surface area contributed by atoms with Crippen molar-refractivity contribution in [2.75, 3.05) is 13.2 Å². The maximum absolute atomic E-state index is 11.6. The van der Waals surface area contributed by atoms with E-state index in [2.05, 4.69) is 5.32 Å². The Morgan fingerprint density at radius 2 is 2.21 bits per heavy atom. The van der Waals surface area contributed by atoms with Crippen LogP contribution in [0.1, 0.15) is 6.92 Å². The summed E-state index contributed by atoms with van der Waals surface area (Å²) >= 11 is 0. The van der Waals surface area contributed by atoms with E-state index in [1.54, 1.807) is 29.3 Å². The first-order valence-corrected chi connectivity index (χ1v) is 6.11. The van der Waals surface area contributed by atoms with Gasteiger partial charge in [-0.05, 0) is 19.1 Å². The summed E-state index contributed by atoms with van der Waals surface area (Å²) in [6, 6.07) is 8.65. The van der Waals surface area contributed by atoms with Crippen LogP contribution in [0.15, 0.2) is 42.6 Å². The minimum atomic E-state index is -0.428. The molecule has 0 radical (unpaired) electrons. The third kappa shape index (κ3) is 3.34. The van der Waals surface area contributed by atoms with E-state index in [9.17, 15) is 9.59 Å². The zero-order valence-electron chi connectivity index (χ0n) is 10.7. The van der Waals surface area contributed by atoms with Gasteiger partial charge in [-0.15, -0.1) is 0 Å². The number of amides is 2. The first-order chi connectivity index (χ1) is 9.20. The van der Waals surface area contributed by atoms with Gasteiger partial charge >= 0.3 is 0 Å². The van der Waals surface area contributed by atoms with E-state index in [1.165, 1.54) is 0 Å². The Hall–Kier alpha value is -2.30. The van der Waals surface area contributed by atoms with Gasteiger partial charge < -0.3 is 15.0 Å². The topological polar surface area (TPSA) is 58.6 Å². The molecule has 1 aromatic carbocycles. The summed E-state index contributed by atoms with van der Waals surface area (Å²) in [6.07, 6.45) is 3.49. The number of β-lactam (4-membered cyclic amide) rings is 1. The summed E-state index contributed by atoms with van der Waals surface area (Å²) in [5.41, 5.74) is 0. The van der Waals surface area contributed by atoms with Gasteiger partial charge in [0.1, 0.15) is 11.8 Å². The second-order valence-corrected chi connectivity index (χ2v) is 4.19. The molecule has 0 aliphatic carbocycles. The summed E-state index contributed by atoms with van der Waals surface area (Å²) in [7, 11) is 0. The van der Waals surface area contributed by atoms with Crippen molar-refractivity contribution in [1.82, 2.24) is 10.2 Å². The molecular formula is C14H16N2O3. The molecule has 0 saturated carbocycles. The van der Waals surface area contributed by atoms with E-state index in [4.69, 9.17) is 4.74 Å². The fourth-order valence-corrected chi connectivity index (χ4v) is 1.78. The number of nitrogens with zero attached hydrogens (tertiary/aromatic N) is 1. The number of ether oxygens (including phenoxy) is 1. The Morgan fingerprint density at radius 3 is 2.84 bits per heavy atom. The highest BCUT2D eigenvalue weighted by Crippen LogP contribution is 2.11. The number of carbonyl (C=O) groups is 2. The van der Waals surface area contributed by atoms with Crippen LogP contribution in [0.3, 0.4) is 0 Å². The fourth-order valence-electron chi connectivity index (χ4n) is 1.78. The Morgan fingerprint density at radius 1 is 1.47 bits per heavy atom. The average Bonchev–Trinajstić information content (AvgIpc) is 2.45. The van der Waals surface area contributed by atoms with Crippen LogP contribution in [0.2, 0.25) is 0 Å². The largest absolute Gasteiger partial charge is 0.484 e. The Labute approximate surface area is 111 Å². The van der Waals surface area contributed by atoms with Gasteiger partial charge in [-0.3, -0.25) is 9.59 Å². The van der Waals surface area contributed by atoms with Gasteiger partial charge in [0.2, 0.25) is 0 Å². The van der Waals surface area contributed by atoms with Crippen LogP contribution in [0.5, 0.6) is 5.75 Å². The van der Waals surface area contributed by atoms with Gasteiger partial charge in [0.15, 0.2) is 6.61 Å². The van der Waals surface area contributed by atoms with Gasteiger partial charge in [-0.25, -0.2) is 0 Å².